The molecule has 0 saturated heterocycles. The van der Waals surface area contributed by atoms with Gasteiger partial charge in [0.05, 0.1) is 0 Å². The first-order valence-corrected chi connectivity index (χ1v) is 11.3. The summed E-state index contributed by atoms with van der Waals surface area (Å²) >= 11 is 4.00. The Morgan fingerprint density at radius 3 is 1.52 bits per heavy atom. The van der Waals surface area contributed by atoms with Crippen LogP contribution in [-0.2, 0) is 5.41 Å². The minimum atomic E-state index is 0.380. The van der Waals surface area contributed by atoms with Crippen LogP contribution in [0.4, 0.5) is 0 Å². The molecule has 23 heavy (non-hydrogen) atoms. The van der Waals surface area contributed by atoms with Gasteiger partial charge < -0.3 is 0 Å². The van der Waals surface area contributed by atoms with Crippen LogP contribution in [0, 0.1) is 11.8 Å². The van der Waals surface area contributed by atoms with Crippen molar-refractivity contribution in [2.24, 2.45) is 11.8 Å². The Kier molecular flexibility index (Phi) is 3.67. The molecule has 2 saturated carbocycles. The van der Waals surface area contributed by atoms with Gasteiger partial charge in [0.25, 0.3) is 0 Å². The van der Waals surface area contributed by atoms with Gasteiger partial charge in [0.2, 0.25) is 0 Å². The number of hydrogen-bond acceptors (Lipinski definition) is 2. The van der Waals surface area contributed by atoms with E-state index < -0.39 is 0 Å². The summed E-state index contributed by atoms with van der Waals surface area (Å²) in [5.41, 5.74) is 3.86. The highest BCUT2D eigenvalue weighted by Gasteiger charge is 2.54. The van der Waals surface area contributed by atoms with Crippen LogP contribution < -0.4 is 0 Å². The average Bonchev–Trinajstić information content (AvgIpc) is 3.30. The highest BCUT2D eigenvalue weighted by atomic mass is 32.1. The summed E-state index contributed by atoms with van der Waals surface area (Å²) in [6.07, 6.45) is 14.6. The second kappa shape index (κ2) is 5.74. The van der Waals surface area contributed by atoms with Crippen LogP contribution in [0.1, 0.15) is 75.3 Å². The Morgan fingerprint density at radius 2 is 1.09 bits per heavy atom. The molecule has 2 heteroatoms. The Morgan fingerprint density at radius 1 is 0.652 bits per heavy atom. The van der Waals surface area contributed by atoms with E-state index in [1.54, 1.807) is 20.9 Å². The third-order valence-electron chi connectivity index (χ3n) is 6.93. The molecule has 0 atom stereocenters. The molecule has 0 unspecified atom stereocenters. The van der Waals surface area contributed by atoms with Gasteiger partial charge in [-0.1, -0.05) is 38.5 Å². The van der Waals surface area contributed by atoms with Gasteiger partial charge in [-0.2, -0.15) is 0 Å². The van der Waals surface area contributed by atoms with Gasteiger partial charge >= 0.3 is 0 Å². The summed E-state index contributed by atoms with van der Waals surface area (Å²) in [4.78, 5) is 3.26. The molecule has 3 aliphatic rings. The molecule has 0 radical (unpaired) electrons. The van der Waals surface area contributed by atoms with Gasteiger partial charge in [0.15, 0.2) is 0 Å². The molecule has 2 heterocycles. The van der Waals surface area contributed by atoms with Crippen molar-refractivity contribution in [1.82, 2.24) is 0 Å². The molecule has 2 fully saturated rings. The minimum absolute atomic E-state index is 0.380. The Bertz CT molecular complexity index is 620. The van der Waals surface area contributed by atoms with Crippen LogP contribution in [0.5, 0.6) is 0 Å². The van der Waals surface area contributed by atoms with E-state index in [0.29, 0.717) is 5.41 Å². The summed E-state index contributed by atoms with van der Waals surface area (Å²) in [5, 5.41) is 4.74. The van der Waals surface area contributed by atoms with E-state index >= 15 is 0 Å². The fourth-order valence-electron chi connectivity index (χ4n) is 6.10. The first-order chi connectivity index (χ1) is 11.4. The summed E-state index contributed by atoms with van der Waals surface area (Å²) in [5.74, 6) is 1.78. The quantitative estimate of drug-likeness (QED) is 0.539. The summed E-state index contributed by atoms with van der Waals surface area (Å²) in [6.45, 7) is 0. The van der Waals surface area contributed by atoms with Gasteiger partial charge in [-0.05, 0) is 71.5 Å². The molecule has 0 bridgehead atoms. The van der Waals surface area contributed by atoms with Crippen LogP contribution >= 0.6 is 22.7 Å². The minimum Gasteiger partial charge on any atom is -0.143 e. The highest BCUT2D eigenvalue weighted by Crippen LogP contribution is 2.64. The van der Waals surface area contributed by atoms with Crippen molar-refractivity contribution in [1.29, 1.82) is 0 Å². The van der Waals surface area contributed by atoms with E-state index in [2.05, 4.69) is 22.9 Å². The lowest BCUT2D eigenvalue weighted by atomic mass is 9.55. The molecule has 3 aliphatic carbocycles. The van der Waals surface area contributed by atoms with E-state index in [1.165, 1.54) is 64.2 Å². The Hall–Kier alpha value is -0.600. The van der Waals surface area contributed by atoms with Gasteiger partial charge in [0.1, 0.15) is 0 Å². The van der Waals surface area contributed by atoms with Crippen LogP contribution in [0.15, 0.2) is 22.9 Å². The molecule has 5 rings (SSSR count). The molecule has 0 spiro atoms. The van der Waals surface area contributed by atoms with Gasteiger partial charge in [-0.3, -0.25) is 0 Å². The summed E-state index contributed by atoms with van der Waals surface area (Å²) in [7, 11) is 0. The van der Waals surface area contributed by atoms with Gasteiger partial charge in [-0.25, -0.2) is 0 Å². The van der Waals surface area contributed by atoms with Crippen molar-refractivity contribution >= 4 is 22.7 Å². The predicted molar refractivity (Wildman–Crippen MR) is 102 cm³/mol. The largest absolute Gasteiger partial charge is 0.143 e. The third-order valence-corrected chi connectivity index (χ3v) is 8.92. The zero-order chi connectivity index (χ0) is 15.3. The maximum Gasteiger partial charge on any atom is 0.0486 e. The predicted octanol–water partition coefficient (Wildman–Crippen LogP) is 7.24. The smallest absolute Gasteiger partial charge is 0.0486 e. The first kappa shape index (κ1) is 14.7. The van der Waals surface area contributed by atoms with E-state index in [0.717, 1.165) is 11.8 Å². The van der Waals surface area contributed by atoms with E-state index in [1.807, 2.05) is 22.7 Å². The lowest BCUT2D eigenvalue weighted by Crippen LogP contribution is -2.43. The Labute approximate surface area is 147 Å². The number of thiophene rings is 2. The lowest BCUT2D eigenvalue weighted by molar-refractivity contribution is 0.138. The van der Waals surface area contributed by atoms with Crippen LogP contribution in [0.2, 0.25) is 0 Å². The molecule has 2 aromatic heterocycles. The fraction of sp³-hybridized carbons (Fsp3) is 0.619. The molecule has 0 aromatic carbocycles. The Balaban J connectivity index is 1.72. The monoisotopic (exact) mass is 342 g/mol. The number of hydrogen-bond donors (Lipinski definition) is 0. The molecule has 0 amide bonds. The molecular formula is C21H26S2. The van der Waals surface area contributed by atoms with Crippen molar-refractivity contribution in [3.05, 3.63) is 34.0 Å². The normalized spacial score (nSPS) is 24.5. The summed E-state index contributed by atoms with van der Waals surface area (Å²) in [6, 6.07) is 5.02. The number of fused-ring (bicyclic) bond motifs is 3. The topological polar surface area (TPSA) is 0 Å². The molecule has 0 N–H and O–H groups in total. The second-order valence-electron chi connectivity index (χ2n) is 7.87. The molecule has 122 valence electrons. The maximum atomic E-state index is 2.51. The zero-order valence-electron chi connectivity index (χ0n) is 13.9. The average molecular weight is 343 g/mol. The standard InChI is InChI=1S/C21H26S2/c1-3-7-15(8-4-1)21(16-9-5-2-6-10-16)17-11-13-22-19(17)20-18(21)12-14-23-20/h11-16H,1-10H2. The molecule has 0 nitrogen and oxygen atoms in total. The van der Waals surface area contributed by atoms with E-state index in [9.17, 15) is 0 Å². The van der Waals surface area contributed by atoms with Crippen molar-refractivity contribution in [3.8, 4) is 9.75 Å². The lowest BCUT2D eigenvalue weighted by Gasteiger charge is -2.48. The van der Waals surface area contributed by atoms with Crippen molar-refractivity contribution in [2.75, 3.05) is 0 Å². The van der Waals surface area contributed by atoms with E-state index in [-0.39, 0.29) is 0 Å². The number of rotatable bonds is 2. The molecular weight excluding hydrogens is 316 g/mol. The maximum absolute atomic E-state index is 2.51. The fourth-order valence-corrected chi connectivity index (χ4v) is 8.23. The SMILES string of the molecule is c1cc2c(s1)-c1sccc1C2(C1CCCCC1)C1CCCCC1. The first-order valence-electron chi connectivity index (χ1n) is 9.58. The second-order valence-corrected chi connectivity index (χ2v) is 9.70. The van der Waals surface area contributed by atoms with Gasteiger partial charge in [0, 0.05) is 15.2 Å². The van der Waals surface area contributed by atoms with Crippen molar-refractivity contribution in [2.45, 2.75) is 69.6 Å². The van der Waals surface area contributed by atoms with Crippen molar-refractivity contribution in [3.63, 3.8) is 0 Å². The molecule has 2 aromatic rings. The van der Waals surface area contributed by atoms with E-state index in [4.69, 9.17) is 0 Å². The third kappa shape index (κ3) is 2.00. The van der Waals surface area contributed by atoms with Crippen molar-refractivity contribution < 1.29 is 0 Å². The van der Waals surface area contributed by atoms with Crippen LogP contribution in [-0.4, -0.2) is 0 Å². The van der Waals surface area contributed by atoms with Crippen LogP contribution in [0.3, 0.4) is 0 Å². The van der Waals surface area contributed by atoms with Gasteiger partial charge in [-0.15, -0.1) is 22.7 Å². The molecule has 0 aliphatic heterocycles. The van der Waals surface area contributed by atoms with Crippen LogP contribution in [0.25, 0.3) is 9.75 Å². The zero-order valence-corrected chi connectivity index (χ0v) is 15.5. The highest BCUT2D eigenvalue weighted by molar-refractivity contribution is 7.21. The summed E-state index contributed by atoms with van der Waals surface area (Å²) < 4.78 is 0.